The second-order valence-corrected chi connectivity index (χ2v) is 10.1. The molecule has 0 aromatic heterocycles. The van der Waals surface area contributed by atoms with Gasteiger partial charge in [-0.1, -0.05) is 23.7 Å². The van der Waals surface area contributed by atoms with Gasteiger partial charge in [-0.25, -0.2) is 13.1 Å². The SMILES string of the molecule is O=C(CCNS(=O)(=O)c1ccc2c(c1)CCN2C(=O)C1CC1)NCc1ccc(Cl)cc1. The number of anilines is 1. The fourth-order valence-electron chi connectivity index (χ4n) is 3.60. The average Bonchev–Trinajstić information content (AvgIpc) is 3.51. The first-order valence-corrected chi connectivity index (χ1v) is 12.1. The summed E-state index contributed by atoms with van der Waals surface area (Å²) in [5, 5.41) is 3.38. The molecular formula is C22H24ClN3O4S. The van der Waals surface area contributed by atoms with E-state index in [-0.39, 0.29) is 35.6 Å². The molecule has 2 aromatic rings. The molecule has 2 N–H and O–H groups in total. The zero-order valence-corrected chi connectivity index (χ0v) is 18.5. The zero-order valence-electron chi connectivity index (χ0n) is 16.9. The minimum Gasteiger partial charge on any atom is -0.352 e. The van der Waals surface area contributed by atoms with E-state index in [0.29, 0.717) is 24.5 Å². The number of rotatable bonds is 8. The lowest BCUT2D eigenvalue weighted by molar-refractivity contribution is -0.121. The van der Waals surface area contributed by atoms with Gasteiger partial charge in [0.05, 0.1) is 4.90 Å². The molecule has 0 spiro atoms. The first-order valence-electron chi connectivity index (χ1n) is 10.3. The highest BCUT2D eigenvalue weighted by molar-refractivity contribution is 7.89. The smallest absolute Gasteiger partial charge is 0.240 e. The largest absolute Gasteiger partial charge is 0.352 e. The van der Waals surface area contributed by atoms with Crippen LogP contribution >= 0.6 is 11.6 Å². The molecule has 164 valence electrons. The standard InChI is InChI=1S/C22H24ClN3O4S/c23-18-5-1-15(2-6-18)14-24-21(27)9-11-25-31(29,30)19-7-8-20-17(13-19)10-12-26(20)22(28)16-3-4-16/h1-2,5-8,13,16,25H,3-4,9-12,14H2,(H,24,27). The predicted octanol–water partition coefficient (Wildman–Crippen LogP) is 2.62. The number of sulfonamides is 1. The van der Waals surface area contributed by atoms with Crippen LogP contribution in [0.2, 0.25) is 5.02 Å². The third kappa shape index (κ3) is 5.26. The Morgan fingerprint density at radius 2 is 1.84 bits per heavy atom. The Balaban J connectivity index is 1.29. The van der Waals surface area contributed by atoms with Crippen molar-refractivity contribution in [3.63, 3.8) is 0 Å². The van der Waals surface area contributed by atoms with Crippen LogP contribution in [0.15, 0.2) is 47.4 Å². The Kier molecular flexibility index (Phi) is 6.31. The van der Waals surface area contributed by atoms with Crippen LogP contribution in [0.1, 0.15) is 30.4 Å². The van der Waals surface area contributed by atoms with Crippen molar-refractivity contribution in [2.24, 2.45) is 5.92 Å². The van der Waals surface area contributed by atoms with Gasteiger partial charge < -0.3 is 10.2 Å². The second-order valence-electron chi connectivity index (χ2n) is 7.86. The number of fused-ring (bicyclic) bond motifs is 1. The minimum absolute atomic E-state index is 0.00183. The number of hydrogen-bond donors (Lipinski definition) is 2. The first kappa shape index (κ1) is 21.8. The van der Waals surface area contributed by atoms with Gasteiger partial charge in [0.1, 0.15) is 0 Å². The fraction of sp³-hybridized carbons (Fsp3) is 0.364. The van der Waals surface area contributed by atoms with Gasteiger partial charge in [0, 0.05) is 42.7 Å². The summed E-state index contributed by atoms with van der Waals surface area (Å²) in [6.45, 7) is 0.942. The van der Waals surface area contributed by atoms with Crippen molar-refractivity contribution in [3.05, 3.63) is 58.6 Å². The number of nitrogens with zero attached hydrogens (tertiary/aromatic N) is 1. The van der Waals surface area contributed by atoms with E-state index < -0.39 is 10.0 Å². The molecule has 0 atom stereocenters. The van der Waals surface area contributed by atoms with Crippen molar-refractivity contribution in [1.29, 1.82) is 0 Å². The summed E-state index contributed by atoms with van der Waals surface area (Å²) in [5.74, 6) is 0.0137. The molecule has 1 aliphatic carbocycles. The van der Waals surface area contributed by atoms with E-state index >= 15 is 0 Å². The molecule has 0 bridgehead atoms. The lowest BCUT2D eigenvalue weighted by atomic mass is 10.2. The van der Waals surface area contributed by atoms with Crippen LogP contribution in [0.25, 0.3) is 0 Å². The molecular weight excluding hydrogens is 438 g/mol. The summed E-state index contributed by atoms with van der Waals surface area (Å²) in [4.78, 5) is 26.3. The molecule has 0 radical (unpaired) electrons. The van der Waals surface area contributed by atoms with E-state index in [1.807, 2.05) is 12.1 Å². The number of benzene rings is 2. The molecule has 9 heteroatoms. The van der Waals surface area contributed by atoms with Gasteiger partial charge in [0.15, 0.2) is 0 Å². The number of nitrogens with one attached hydrogen (secondary N) is 2. The molecule has 7 nitrogen and oxygen atoms in total. The van der Waals surface area contributed by atoms with E-state index in [1.165, 1.54) is 6.07 Å². The summed E-state index contributed by atoms with van der Waals surface area (Å²) in [7, 11) is -3.74. The molecule has 1 heterocycles. The maximum atomic E-state index is 12.6. The Morgan fingerprint density at radius 3 is 2.55 bits per heavy atom. The quantitative estimate of drug-likeness (QED) is 0.631. The second kappa shape index (κ2) is 8.98. The van der Waals surface area contributed by atoms with Crippen molar-refractivity contribution in [2.75, 3.05) is 18.0 Å². The molecule has 2 aromatic carbocycles. The maximum absolute atomic E-state index is 12.6. The summed E-state index contributed by atoms with van der Waals surface area (Å²) >= 11 is 5.83. The molecule has 2 amide bonds. The Labute approximate surface area is 186 Å². The zero-order chi connectivity index (χ0) is 22.0. The molecule has 0 saturated heterocycles. The van der Waals surface area contributed by atoms with E-state index in [9.17, 15) is 18.0 Å². The topological polar surface area (TPSA) is 95.6 Å². The van der Waals surface area contributed by atoms with Crippen LogP contribution in [0.3, 0.4) is 0 Å². The summed E-state index contributed by atoms with van der Waals surface area (Å²) in [5.41, 5.74) is 2.57. The molecule has 1 aliphatic heterocycles. The van der Waals surface area contributed by atoms with Crippen molar-refractivity contribution >= 4 is 39.1 Å². The van der Waals surface area contributed by atoms with Crippen molar-refractivity contribution in [3.8, 4) is 0 Å². The highest BCUT2D eigenvalue weighted by atomic mass is 35.5. The van der Waals surface area contributed by atoms with Crippen molar-refractivity contribution < 1.29 is 18.0 Å². The molecule has 2 aliphatic rings. The van der Waals surface area contributed by atoms with Crippen LogP contribution in [0, 0.1) is 5.92 Å². The molecule has 0 unspecified atom stereocenters. The highest BCUT2D eigenvalue weighted by Gasteiger charge is 2.36. The monoisotopic (exact) mass is 461 g/mol. The van der Waals surface area contributed by atoms with Gasteiger partial charge in [-0.3, -0.25) is 9.59 Å². The van der Waals surface area contributed by atoms with E-state index in [1.54, 1.807) is 29.2 Å². The Bertz CT molecular complexity index is 1100. The van der Waals surface area contributed by atoms with Crippen LogP contribution in [0.4, 0.5) is 5.69 Å². The molecule has 31 heavy (non-hydrogen) atoms. The number of carbonyl (C=O) groups is 2. The lowest BCUT2D eigenvalue weighted by Crippen LogP contribution is -2.31. The molecule has 4 rings (SSSR count). The number of hydrogen-bond acceptors (Lipinski definition) is 4. The van der Waals surface area contributed by atoms with E-state index in [4.69, 9.17) is 11.6 Å². The fourth-order valence-corrected chi connectivity index (χ4v) is 4.81. The van der Waals surface area contributed by atoms with E-state index in [2.05, 4.69) is 10.0 Å². The third-order valence-electron chi connectivity index (χ3n) is 5.50. The lowest BCUT2D eigenvalue weighted by Gasteiger charge is -2.17. The van der Waals surface area contributed by atoms with Gasteiger partial charge in [-0.05, 0) is 60.7 Å². The molecule has 1 fully saturated rings. The Morgan fingerprint density at radius 1 is 1.10 bits per heavy atom. The molecule has 1 saturated carbocycles. The highest BCUT2D eigenvalue weighted by Crippen LogP contribution is 2.37. The number of halogens is 1. The van der Waals surface area contributed by atoms with Gasteiger partial charge in [-0.2, -0.15) is 0 Å². The van der Waals surface area contributed by atoms with Crippen LogP contribution in [-0.2, 0) is 32.6 Å². The van der Waals surface area contributed by atoms with Crippen molar-refractivity contribution in [2.45, 2.75) is 37.1 Å². The van der Waals surface area contributed by atoms with Crippen molar-refractivity contribution in [1.82, 2.24) is 10.0 Å². The Hall–Kier alpha value is -2.42. The van der Waals surface area contributed by atoms with Gasteiger partial charge in [0.25, 0.3) is 0 Å². The summed E-state index contributed by atoms with van der Waals surface area (Å²) in [6.07, 6.45) is 2.55. The van der Waals surface area contributed by atoms with Crippen LogP contribution in [-0.4, -0.2) is 33.3 Å². The minimum atomic E-state index is -3.74. The van der Waals surface area contributed by atoms with Gasteiger partial charge >= 0.3 is 0 Å². The van der Waals surface area contributed by atoms with Crippen LogP contribution < -0.4 is 14.9 Å². The normalized spacial score (nSPS) is 15.6. The maximum Gasteiger partial charge on any atom is 0.240 e. The number of amides is 2. The third-order valence-corrected chi connectivity index (χ3v) is 7.21. The van der Waals surface area contributed by atoms with Gasteiger partial charge in [-0.15, -0.1) is 0 Å². The number of carbonyl (C=O) groups excluding carboxylic acids is 2. The van der Waals surface area contributed by atoms with Crippen LogP contribution in [0.5, 0.6) is 0 Å². The summed E-state index contributed by atoms with van der Waals surface area (Å²) in [6, 6.07) is 12.0. The summed E-state index contributed by atoms with van der Waals surface area (Å²) < 4.78 is 27.7. The predicted molar refractivity (Wildman–Crippen MR) is 118 cm³/mol. The first-order chi connectivity index (χ1) is 14.8. The average molecular weight is 462 g/mol. The van der Waals surface area contributed by atoms with E-state index in [0.717, 1.165) is 29.7 Å². The van der Waals surface area contributed by atoms with Gasteiger partial charge in [0.2, 0.25) is 21.8 Å².